The summed E-state index contributed by atoms with van der Waals surface area (Å²) in [7, 11) is 0. The van der Waals surface area contributed by atoms with E-state index in [2.05, 4.69) is 5.32 Å². The smallest absolute Gasteiger partial charge is 0.287 e. The number of hydrogen-bond donors (Lipinski definition) is 2. The number of thiocarbonyl (C=S) groups is 1. The molecule has 3 N–H and O–H groups in total. The highest BCUT2D eigenvalue weighted by Crippen LogP contribution is 2.28. The van der Waals surface area contributed by atoms with Crippen LogP contribution in [-0.4, -0.2) is 16.4 Å². The molecule has 1 aromatic heterocycles. The van der Waals surface area contributed by atoms with Crippen molar-refractivity contribution < 1.29 is 9.21 Å². The molecule has 5 heteroatoms. The van der Waals surface area contributed by atoms with E-state index in [-0.39, 0.29) is 5.91 Å². The van der Waals surface area contributed by atoms with Gasteiger partial charge in [0.2, 0.25) is 0 Å². The van der Waals surface area contributed by atoms with E-state index in [0.29, 0.717) is 10.7 Å². The van der Waals surface area contributed by atoms with E-state index in [9.17, 15) is 4.79 Å². The van der Waals surface area contributed by atoms with Crippen LogP contribution in [0, 0.1) is 6.92 Å². The van der Waals surface area contributed by atoms with Crippen molar-refractivity contribution in [1.29, 1.82) is 0 Å². The summed E-state index contributed by atoms with van der Waals surface area (Å²) in [4.78, 5) is 12.6. The number of aryl methyl sites for hydroxylation is 1. The Labute approximate surface area is 118 Å². The second kappa shape index (κ2) is 5.74. The second-order valence-electron chi connectivity index (χ2n) is 5.22. The summed E-state index contributed by atoms with van der Waals surface area (Å²) < 4.78 is 5.35. The first-order valence-electron chi connectivity index (χ1n) is 6.72. The van der Waals surface area contributed by atoms with Gasteiger partial charge < -0.3 is 15.5 Å². The number of nitrogens with one attached hydrogen (secondary N) is 1. The molecule has 1 aromatic rings. The quantitative estimate of drug-likeness (QED) is 0.660. The SMILES string of the molecule is Cc1ccc(C(=O)NC2(C(N)=S)CCCCCC2)o1. The Kier molecular flexibility index (Phi) is 4.24. The van der Waals surface area contributed by atoms with Crippen molar-refractivity contribution in [2.45, 2.75) is 51.0 Å². The van der Waals surface area contributed by atoms with E-state index >= 15 is 0 Å². The van der Waals surface area contributed by atoms with Gasteiger partial charge in [-0.3, -0.25) is 4.79 Å². The van der Waals surface area contributed by atoms with Gasteiger partial charge in [-0.25, -0.2) is 0 Å². The molecule has 0 aliphatic heterocycles. The van der Waals surface area contributed by atoms with Crippen LogP contribution in [0.15, 0.2) is 16.5 Å². The average Bonchev–Trinajstić information content (AvgIpc) is 2.65. The first-order valence-corrected chi connectivity index (χ1v) is 7.13. The maximum Gasteiger partial charge on any atom is 0.287 e. The van der Waals surface area contributed by atoms with E-state index in [1.807, 2.05) is 6.92 Å². The molecule has 1 aliphatic carbocycles. The molecule has 0 unspecified atom stereocenters. The van der Waals surface area contributed by atoms with Crippen molar-refractivity contribution in [3.63, 3.8) is 0 Å². The molecule has 0 atom stereocenters. The Morgan fingerprint density at radius 2 is 1.95 bits per heavy atom. The normalized spacial score (nSPS) is 18.6. The Morgan fingerprint density at radius 3 is 2.42 bits per heavy atom. The summed E-state index contributed by atoms with van der Waals surface area (Å²) in [6, 6.07) is 3.45. The lowest BCUT2D eigenvalue weighted by Crippen LogP contribution is -2.56. The first kappa shape index (κ1) is 14.1. The van der Waals surface area contributed by atoms with Crippen molar-refractivity contribution in [1.82, 2.24) is 5.32 Å². The van der Waals surface area contributed by atoms with Crippen molar-refractivity contribution in [3.8, 4) is 0 Å². The molecule has 0 bridgehead atoms. The maximum atomic E-state index is 12.2. The van der Waals surface area contributed by atoms with Crippen LogP contribution in [0.4, 0.5) is 0 Å². The third-order valence-electron chi connectivity index (χ3n) is 3.75. The third-order valence-corrected chi connectivity index (χ3v) is 4.14. The van der Waals surface area contributed by atoms with Gasteiger partial charge >= 0.3 is 0 Å². The fraction of sp³-hybridized carbons (Fsp3) is 0.571. The molecule has 19 heavy (non-hydrogen) atoms. The van der Waals surface area contributed by atoms with Gasteiger partial charge in [0.1, 0.15) is 5.76 Å². The third kappa shape index (κ3) is 3.15. The van der Waals surface area contributed by atoms with Gasteiger partial charge in [-0.05, 0) is 31.9 Å². The summed E-state index contributed by atoms with van der Waals surface area (Å²) >= 11 is 5.19. The van der Waals surface area contributed by atoms with E-state index < -0.39 is 5.54 Å². The second-order valence-corrected chi connectivity index (χ2v) is 5.66. The van der Waals surface area contributed by atoms with Gasteiger partial charge in [0.15, 0.2) is 5.76 Å². The molecule has 1 amide bonds. The summed E-state index contributed by atoms with van der Waals surface area (Å²) in [6.45, 7) is 1.81. The van der Waals surface area contributed by atoms with Gasteiger partial charge in [-0.15, -0.1) is 0 Å². The predicted octanol–water partition coefficient (Wildman–Crippen LogP) is 2.70. The predicted molar refractivity (Wildman–Crippen MR) is 78.1 cm³/mol. The highest BCUT2D eigenvalue weighted by Gasteiger charge is 2.36. The van der Waals surface area contributed by atoms with Crippen molar-refractivity contribution in [2.75, 3.05) is 0 Å². The minimum atomic E-state index is -0.552. The van der Waals surface area contributed by atoms with E-state index in [0.717, 1.165) is 31.4 Å². The Hall–Kier alpha value is -1.36. The molecule has 4 nitrogen and oxygen atoms in total. The minimum absolute atomic E-state index is 0.234. The summed E-state index contributed by atoms with van der Waals surface area (Å²) in [5.41, 5.74) is 5.34. The Morgan fingerprint density at radius 1 is 1.32 bits per heavy atom. The highest BCUT2D eigenvalue weighted by molar-refractivity contribution is 7.80. The van der Waals surface area contributed by atoms with Gasteiger partial charge in [0.05, 0.1) is 10.5 Å². The minimum Gasteiger partial charge on any atom is -0.456 e. The van der Waals surface area contributed by atoms with E-state index in [1.165, 1.54) is 12.8 Å². The molecular formula is C14H20N2O2S. The van der Waals surface area contributed by atoms with E-state index in [1.54, 1.807) is 12.1 Å². The van der Waals surface area contributed by atoms with Gasteiger partial charge in [-0.2, -0.15) is 0 Å². The van der Waals surface area contributed by atoms with Crippen LogP contribution in [0.5, 0.6) is 0 Å². The maximum absolute atomic E-state index is 12.2. The molecule has 1 fully saturated rings. The largest absolute Gasteiger partial charge is 0.456 e. The molecule has 1 saturated carbocycles. The van der Waals surface area contributed by atoms with Crippen LogP contribution in [0.2, 0.25) is 0 Å². The molecule has 0 saturated heterocycles. The molecule has 104 valence electrons. The molecule has 0 radical (unpaired) electrons. The van der Waals surface area contributed by atoms with Crippen LogP contribution in [0.25, 0.3) is 0 Å². The summed E-state index contributed by atoms with van der Waals surface area (Å²) in [5, 5.41) is 3.00. The van der Waals surface area contributed by atoms with Crippen molar-refractivity contribution >= 4 is 23.1 Å². The fourth-order valence-corrected chi connectivity index (χ4v) is 2.86. The Balaban J connectivity index is 2.16. The van der Waals surface area contributed by atoms with Crippen LogP contribution >= 0.6 is 12.2 Å². The fourth-order valence-electron chi connectivity index (χ4n) is 2.60. The van der Waals surface area contributed by atoms with Crippen LogP contribution < -0.4 is 11.1 Å². The number of amides is 1. The van der Waals surface area contributed by atoms with Crippen molar-refractivity contribution in [3.05, 3.63) is 23.7 Å². The first-order chi connectivity index (χ1) is 9.03. The Bertz CT molecular complexity index is 474. The van der Waals surface area contributed by atoms with Gasteiger partial charge in [-0.1, -0.05) is 37.9 Å². The number of carbonyl (C=O) groups is 1. The lowest BCUT2D eigenvalue weighted by molar-refractivity contribution is 0.0888. The van der Waals surface area contributed by atoms with Crippen LogP contribution in [0.3, 0.4) is 0 Å². The molecule has 1 heterocycles. The number of carbonyl (C=O) groups excluding carboxylic acids is 1. The standard InChI is InChI=1S/C14H20N2O2S/c1-10-6-7-11(18-10)12(17)16-14(13(15)19)8-4-2-3-5-9-14/h6-7H,2-5,8-9H2,1H3,(H2,15,19)(H,16,17). The summed E-state index contributed by atoms with van der Waals surface area (Å²) in [6.07, 6.45) is 6.03. The van der Waals surface area contributed by atoms with Crippen LogP contribution in [-0.2, 0) is 0 Å². The number of rotatable bonds is 3. The zero-order chi connectivity index (χ0) is 13.9. The average molecular weight is 280 g/mol. The number of furan rings is 1. The van der Waals surface area contributed by atoms with Crippen molar-refractivity contribution in [2.24, 2.45) is 5.73 Å². The van der Waals surface area contributed by atoms with Gasteiger partial charge in [0.25, 0.3) is 5.91 Å². The molecule has 2 rings (SSSR count). The monoisotopic (exact) mass is 280 g/mol. The summed E-state index contributed by atoms with van der Waals surface area (Å²) in [5.74, 6) is 0.801. The zero-order valence-electron chi connectivity index (χ0n) is 11.2. The number of hydrogen-bond acceptors (Lipinski definition) is 3. The lowest BCUT2D eigenvalue weighted by Gasteiger charge is -2.32. The molecular weight excluding hydrogens is 260 g/mol. The van der Waals surface area contributed by atoms with E-state index in [4.69, 9.17) is 22.4 Å². The molecule has 0 spiro atoms. The number of nitrogens with two attached hydrogens (primary N) is 1. The van der Waals surface area contributed by atoms with Gasteiger partial charge in [0, 0.05) is 0 Å². The van der Waals surface area contributed by atoms with Crippen LogP contribution in [0.1, 0.15) is 54.8 Å². The lowest BCUT2D eigenvalue weighted by atomic mass is 9.90. The highest BCUT2D eigenvalue weighted by atomic mass is 32.1. The zero-order valence-corrected chi connectivity index (χ0v) is 12.0. The molecule has 1 aliphatic rings. The topological polar surface area (TPSA) is 68.3 Å². The molecule has 0 aromatic carbocycles.